The van der Waals surface area contributed by atoms with Gasteiger partial charge in [-0.05, 0) is 30.4 Å². The van der Waals surface area contributed by atoms with Crippen molar-refractivity contribution in [3.05, 3.63) is 35.5 Å². The summed E-state index contributed by atoms with van der Waals surface area (Å²) < 4.78 is 5.12. The molecule has 0 aliphatic heterocycles. The van der Waals surface area contributed by atoms with E-state index in [9.17, 15) is 4.79 Å². The molecule has 0 unspecified atom stereocenters. The highest BCUT2D eigenvalue weighted by atomic mass is 16.5. The van der Waals surface area contributed by atoms with Gasteiger partial charge in [-0.15, -0.1) is 0 Å². The third kappa shape index (κ3) is 2.59. The van der Waals surface area contributed by atoms with Crippen LogP contribution >= 0.6 is 0 Å². The van der Waals surface area contributed by atoms with Crippen LogP contribution in [0.1, 0.15) is 17.7 Å². The van der Waals surface area contributed by atoms with Crippen LogP contribution in [0.3, 0.4) is 0 Å². The number of fused-ring (bicyclic) bond motifs is 1. The van der Waals surface area contributed by atoms with E-state index in [1.54, 1.807) is 7.11 Å². The van der Waals surface area contributed by atoms with Crippen LogP contribution in [0.5, 0.6) is 5.88 Å². The summed E-state index contributed by atoms with van der Waals surface area (Å²) in [4.78, 5) is 14.9. The monoisotopic (exact) mass is 245 g/mol. The summed E-state index contributed by atoms with van der Waals surface area (Å²) in [5, 5.41) is 10.8. The van der Waals surface area contributed by atoms with Crippen LogP contribution in [0, 0.1) is 6.92 Å². The van der Waals surface area contributed by atoms with Crippen LogP contribution in [0.4, 0.5) is 0 Å². The van der Waals surface area contributed by atoms with Crippen LogP contribution in [0.25, 0.3) is 10.8 Å². The maximum absolute atomic E-state index is 10.6. The van der Waals surface area contributed by atoms with Crippen LogP contribution in [0.2, 0.25) is 0 Å². The summed E-state index contributed by atoms with van der Waals surface area (Å²) in [6.45, 7) is 1.92. The minimum Gasteiger partial charge on any atom is -0.481 e. The van der Waals surface area contributed by atoms with Crippen LogP contribution < -0.4 is 4.74 Å². The van der Waals surface area contributed by atoms with Crippen molar-refractivity contribution in [3.63, 3.8) is 0 Å². The van der Waals surface area contributed by atoms with Crippen molar-refractivity contribution in [1.82, 2.24) is 4.98 Å². The zero-order valence-corrected chi connectivity index (χ0v) is 10.4. The van der Waals surface area contributed by atoms with Crippen molar-refractivity contribution < 1.29 is 14.6 Å². The quantitative estimate of drug-likeness (QED) is 0.899. The van der Waals surface area contributed by atoms with Crippen LogP contribution in [-0.2, 0) is 11.2 Å². The van der Waals surface area contributed by atoms with E-state index in [0.717, 1.165) is 22.0 Å². The highest BCUT2D eigenvalue weighted by Gasteiger charge is 2.05. The van der Waals surface area contributed by atoms with Gasteiger partial charge in [0.05, 0.1) is 7.11 Å². The molecule has 2 aromatic rings. The first-order valence-electron chi connectivity index (χ1n) is 5.76. The van der Waals surface area contributed by atoms with Gasteiger partial charge < -0.3 is 9.84 Å². The number of nitrogens with zero attached hydrogens (tertiary/aromatic N) is 1. The number of rotatable bonds is 4. The fourth-order valence-corrected chi connectivity index (χ4v) is 1.94. The molecule has 0 fully saturated rings. The summed E-state index contributed by atoms with van der Waals surface area (Å²) >= 11 is 0. The number of carboxylic acids is 1. The number of carbonyl (C=O) groups is 1. The van der Waals surface area contributed by atoms with E-state index < -0.39 is 5.97 Å². The molecule has 1 aromatic carbocycles. The number of pyridine rings is 1. The van der Waals surface area contributed by atoms with Gasteiger partial charge in [0, 0.05) is 23.6 Å². The average Bonchev–Trinajstić information content (AvgIpc) is 2.36. The first kappa shape index (κ1) is 12.4. The maximum Gasteiger partial charge on any atom is 0.303 e. The SMILES string of the molecule is COc1cc2ccc(CCC(=O)O)cc2c(C)n1. The Morgan fingerprint density at radius 3 is 2.83 bits per heavy atom. The number of ether oxygens (including phenoxy) is 1. The van der Waals surface area contributed by atoms with Gasteiger partial charge in [0.1, 0.15) is 0 Å². The predicted molar refractivity (Wildman–Crippen MR) is 69.0 cm³/mol. The fraction of sp³-hybridized carbons (Fsp3) is 0.286. The van der Waals surface area contributed by atoms with E-state index in [2.05, 4.69) is 4.98 Å². The number of hydrogen-bond acceptors (Lipinski definition) is 3. The number of carboxylic acid groups (broad SMARTS) is 1. The largest absolute Gasteiger partial charge is 0.481 e. The van der Waals surface area contributed by atoms with E-state index >= 15 is 0 Å². The Bertz CT molecular complexity index is 593. The lowest BCUT2D eigenvalue weighted by molar-refractivity contribution is -0.136. The second-order valence-corrected chi connectivity index (χ2v) is 4.20. The lowest BCUT2D eigenvalue weighted by atomic mass is 10.0. The topological polar surface area (TPSA) is 59.4 Å². The van der Waals surface area contributed by atoms with Crippen molar-refractivity contribution in [2.75, 3.05) is 7.11 Å². The van der Waals surface area contributed by atoms with Gasteiger partial charge in [-0.1, -0.05) is 12.1 Å². The highest BCUT2D eigenvalue weighted by molar-refractivity contribution is 5.86. The molecule has 0 radical (unpaired) electrons. The van der Waals surface area contributed by atoms with Crippen LogP contribution in [-0.4, -0.2) is 23.2 Å². The molecule has 1 heterocycles. The lowest BCUT2D eigenvalue weighted by Crippen LogP contribution is -1.98. The number of methoxy groups -OCH3 is 1. The van der Waals surface area contributed by atoms with Crippen LogP contribution in [0.15, 0.2) is 24.3 Å². The number of hydrogen-bond donors (Lipinski definition) is 1. The molecule has 94 valence electrons. The van der Waals surface area contributed by atoms with Crippen molar-refractivity contribution >= 4 is 16.7 Å². The minimum absolute atomic E-state index is 0.147. The van der Waals surface area contributed by atoms with Gasteiger partial charge in [-0.2, -0.15) is 0 Å². The number of benzene rings is 1. The van der Waals surface area contributed by atoms with E-state index in [1.807, 2.05) is 31.2 Å². The van der Waals surface area contributed by atoms with E-state index in [0.29, 0.717) is 12.3 Å². The predicted octanol–water partition coefficient (Wildman–Crippen LogP) is 2.57. The normalized spacial score (nSPS) is 10.6. The Balaban J connectivity index is 2.39. The molecule has 0 bridgehead atoms. The Hall–Kier alpha value is -2.10. The molecule has 1 N–H and O–H groups in total. The third-order valence-corrected chi connectivity index (χ3v) is 2.90. The van der Waals surface area contributed by atoms with Gasteiger partial charge in [0.15, 0.2) is 0 Å². The summed E-state index contributed by atoms with van der Waals surface area (Å²) in [6, 6.07) is 7.80. The molecular formula is C14H15NO3. The summed E-state index contributed by atoms with van der Waals surface area (Å²) in [6.07, 6.45) is 0.685. The third-order valence-electron chi connectivity index (χ3n) is 2.90. The van der Waals surface area contributed by atoms with Crippen molar-refractivity contribution in [2.24, 2.45) is 0 Å². The van der Waals surface area contributed by atoms with Crippen molar-refractivity contribution in [3.8, 4) is 5.88 Å². The molecule has 2 rings (SSSR count). The second kappa shape index (κ2) is 5.04. The van der Waals surface area contributed by atoms with Gasteiger partial charge in [0.2, 0.25) is 5.88 Å². The summed E-state index contributed by atoms with van der Waals surface area (Å²) in [5.41, 5.74) is 1.90. The summed E-state index contributed by atoms with van der Waals surface area (Å²) in [7, 11) is 1.59. The summed E-state index contributed by atoms with van der Waals surface area (Å²) in [5.74, 6) is -0.182. The smallest absolute Gasteiger partial charge is 0.303 e. The highest BCUT2D eigenvalue weighted by Crippen LogP contribution is 2.23. The molecule has 4 nitrogen and oxygen atoms in total. The molecular weight excluding hydrogens is 230 g/mol. The Labute approximate surface area is 105 Å². The van der Waals surface area contributed by atoms with E-state index in [4.69, 9.17) is 9.84 Å². The molecule has 18 heavy (non-hydrogen) atoms. The average molecular weight is 245 g/mol. The van der Waals surface area contributed by atoms with Gasteiger partial charge in [-0.3, -0.25) is 4.79 Å². The van der Waals surface area contributed by atoms with Gasteiger partial charge in [-0.25, -0.2) is 4.98 Å². The second-order valence-electron chi connectivity index (χ2n) is 4.20. The lowest BCUT2D eigenvalue weighted by Gasteiger charge is -2.07. The van der Waals surface area contributed by atoms with Crippen molar-refractivity contribution in [2.45, 2.75) is 19.8 Å². The van der Waals surface area contributed by atoms with Crippen molar-refractivity contribution in [1.29, 1.82) is 0 Å². The Morgan fingerprint density at radius 1 is 1.39 bits per heavy atom. The molecule has 4 heteroatoms. The van der Waals surface area contributed by atoms with E-state index in [-0.39, 0.29) is 6.42 Å². The first-order valence-corrected chi connectivity index (χ1v) is 5.76. The fourth-order valence-electron chi connectivity index (χ4n) is 1.94. The number of aliphatic carboxylic acids is 1. The molecule has 0 saturated heterocycles. The molecule has 0 aliphatic carbocycles. The van der Waals surface area contributed by atoms with Gasteiger partial charge in [0.25, 0.3) is 0 Å². The first-order chi connectivity index (χ1) is 8.60. The molecule has 0 aliphatic rings. The molecule has 0 atom stereocenters. The van der Waals surface area contributed by atoms with E-state index in [1.165, 1.54) is 0 Å². The Morgan fingerprint density at radius 2 is 2.17 bits per heavy atom. The number of aryl methyl sites for hydroxylation is 2. The standard InChI is InChI=1S/C14H15NO3/c1-9-12-7-10(4-6-14(16)17)3-5-11(12)8-13(15-9)18-2/h3,5,7-8H,4,6H2,1-2H3,(H,16,17). The minimum atomic E-state index is -0.778. The molecule has 0 spiro atoms. The zero-order valence-electron chi connectivity index (χ0n) is 10.4. The molecule has 0 saturated carbocycles. The maximum atomic E-state index is 10.6. The van der Waals surface area contributed by atoms with Gasteiger partial charge >= 0.3 is 5.97 Å². The Kier molecular flexibility index (Phi) is 3.46. The molecule has 0 amide bonds. The zero-order chi connectivity index (χ0) is 13.1. The molecule has 1 aromatic heterocycles. The number of aromatic nitrogens is 1.